The molecule has 19 heavy (non-hydrogen) atoms. The molecule has 0 aromatic carbocycles. The molecule has 0 radical (unpaired) electrons. The van der Waals surface area contributed by atoms with E-state index < -0.39 is 0 Å². The molecule has 1 aromatic rings. The minimum Gasteiger partial charge on any atom is -0.508 e. The van der Waals surface area contributed by atoms with E-state index in [0.29, 0.717) is 23.7 Å². The van der Waals surface area contributed by atoms with Gasteiger partial charge >= 0.3 is 0 Å². The zero-order valence-corrected chi connectivity index (χ0v) is 12.1. The number of anilines is 1. The SMILES string of the molecule is C=C(O)c1cc(CN(CC)C(C)=O)sc1NC(C)=O. The van der Waals surface area contributed by atoms with Gasteiger partial charge in [-0.05, 0) is 13.0 Å². The molecule has 0 spiro atoms. The van der Waals surface area contributed by atoms with Crippen LogP contribution in [0.4, 0.5) is 5.00 Å². The van der Waals surface area contributed by atoms with Crippen molar-refractivity contribution in [2.45, 2.75) is 27.3 Å². The molecular formula is C13H18N2O3S. The molecule has 1 aromatic heterocycles. The minimum atomic E-state index is -0.213. The van der Waals surface area contributed by atoms with Gasteiger partial charge in [-0.25, -0.2) is 0 Å². The van der Waals surface area contributed by atoms with E-state index >= 15 is 0 Å². The maximum Gasteiger partial charge on any atom is 0.221 e. The quantitative estimate of drug-likeness (QED) is 0.816. The number of aliphatic hydroxyl groups is 1. The Morgan fingerprint density at radius 3 is 2.53 bits per heavy atom. The molecule has 0 aliphatic rings. The van der Waals surface area contributed by atoms with E-state index in [9.17, 15) is 14.7 Å². The van der Waals surface area contributed by atoms with Crippen molar-refractivity contribution in [2.75, 3.05) is 11.9 Å². The molecule has 5 nitrogen and oxygen atoms in total. The van der Waals surface area contributed by atoms with Crippen LogP contribution in [0, 0.1) is 0 Å². The number of carbonyl (C=O) groups is 2. The van der Waals surface area contributed by atoms with Crippen LogP contribution in [0.3, 0.4) is 0 Å². The Hall–Kier alpha value is -1.82. The van der Waals surface area contributed by atoms with E-state index in [1.54, 1.807) is 11.0 Å². The molecule has 0 aliphatic carbocycles. The smallest absolute Gasteiger partial charge is 0.221 e. The van der Waals surface area contributed by atoms with E-state index in [0.717, 1.165) is 4.88 Å². The van der Waals surface area contributed by atoms with Crippen LogP contribution >= 0.6 is 11.3 Å². The van der Waals surface area contributed by atoms with Gasteiger partial charge < -0.3 is 15.3 Å². The third-order valence-corrected chi connectivity index (χ3v) is 3.59. The summed E-state index contributed by atoms with van der Waals surface area (Å²) in [7, 11) is 0. The van der Waals surface area contributed by atoms with Crippen LogP contribution in [0.25, 0.3) is 5.76 Å². The maximum atomic E-state index is 11.4. The lowest BCUT2D eigenvalue weighted by Gasteiger charge is -2.17. The predicted octanol–water partition coefficient (Wildman–Crippen LogP) is 2.60. The lowest BCUT2D eigenvalue weighted by atomic mass is 10.2. The largest absolute Gasteiger partial charge is 0.508 e. The van der Waals surface area contributed by atoms with E-state index in [1.807, 2.05) is 6.92 Å². The average Bonchev–Trinajstić information content (AvgIpc) is 2.67. The Balaban J connectivity index is 3.00. The lowest BCUT2D eigenvalue weighted by Crippen LogP contribution is -2.27. The number of nitrogens with zero attached hydrogens (tertiary/aromatic N) is 1. The third-order valence-electron chi connectivity index (χ3n) is 2.56. The zero-order valence-electron chi connectivity index (χ0n) is 11.3. The van der Waals surface area contributed by atoms with Crippen LogP contribution in [0.5, 0.6) is 0 Å². The van der Waals surface area contributed by atoms with Gasteiger partial charge in [-0.15, -0.1) is 11.3 Å². The van der Waals surface area contributed by atoms with Crippen molar-refractivity contribution in [3.8, 4) is 0 Å². The first-order valence-electron chi connectivity index (χ1n) is 5.89. The van der Waals surface area contributed by atoms with Crippen LogP contribution in [-0.2, 0) is 16.1 Å². The first kappa shape index (κ1) is 15.2. The highest BCUT2D eigenvalue weighted by molar-refractivity contribution is 7.16. The highest BCUT2D eigenvalue weighted by Gasteiger charge is 2.15. The van der Waals surface area contributed by atoms with Crippen molar-refractivity contribution in [1.82, 2.24) is 4.90 Å². The van der Waals surface area contributed by atoms with Gasteiger partial charge in [-0.1, -0.05) is 6.58 Å². The summed E-state index contributed by atoms with van der Waals surface area (Å²) in [5.74, 6) is -0.326. The van der Waals surface area contributed by atoms with E-state index in [-0.39, 0.29) is 17.6 Å². The predicted molar refractivity (Wildman–Crippen MR) is 77.1 cm³/mol. The number of carbonyl (C=O) groups excluding carboxylic acids is 2. The molecule has 0 unspecified atom stereocenters. The highest BCUT2D eigenvalue weighted by atomic mass is 32.1. The summed E-state index contributed by atoms with van der Waals surface area (Å²) in [6.45, 7) is 9.35. The molecule has 0 saturated heterocycles. The maximum absolute atomic E-state index is 11.4. The molecule has 0 aliphatic heterocycles. The number of hydrogen-bond acceptors (Lipinski definition) is 4. The fourth-order valence-electron chi connectivity index (χ4n) is 1.62. The van der Waals surface area contributed by atoms with E-state index in [2.05, 4.69) is 11.9 Å². The van der Waals surface area contributed by atoms with Gasteiger partial charge in [0.05, 0.1) is 12.1 Å². The number of hydrogen-bond donors (Lipinski definition) is 2. The molecule has 0 fully saturated rings. The normalized spacial score (nSPS) is 10.1. The molecule has 104 valence electrons. The number of nitrogens with one attached hydrogen (secondary N) is 1. The van der Waals surface area contributed by atoms with Gasteiger partial charge in [-0.2, -0.15) is 0 Å². The molecular weight excluding hydrogens is 264 g/mol. The molecule has 0 atom stereocenters. The van der Waals surface area contributed by atoms with E-state index in [4.69, 9.17) is 0 Å². The summed E-state index contributed by atoms with van der Waals surface area (Å²) in [6, 6.07) is 1.74. The van der Waals surface area contributed by atoms with Gasteiger partial charge in [0.25, 0.3) is 0 Å². The molecule has 1 heterocycles. The highest BCUT2D eigenvalue weighted by Crippen LogP contribution is 2.32. The number of thiophene rings is 1. The van der Waals surface area contributed by atoms with Gasteiger partial charge in [-0.3, -0.25) is 9.59 Å². The van der Waals surface area contributed by atoms with Crippen LogP contribution in [0.2, 0.25) is 0 Å². The molecule has 2 amide bonds. The number of rotatable bonds is 5. The summed E-state index contributed by atoms with van der Waals surface area (Å²) < 4.78 is 0. The number of amides is 2. The Morgan fingerprint density at radius 1 is 1.47 bits per heavy atom. The third kappa shape index (κ3) is 4.10. The molecule has 0 saturated carbocycles. The Labute approximate surface area is 116 Å². The van der Waals surface area contributed by atoms with Crippen molar-refractivity contribution in [1.29, 1.82) is 0 Å². The van der Waals surface area contributed by atoms with Crippen molar-refractivity contribution in [2.24, 2.45) is 0 Å². The lowest BCUT2D eigenvalue weighted by molar-refractivity contribution is -0.129. The van der Waals surface area contributed by atoms with E-state index in [1.165, 1.54) is 25.2 Å². The first-order chi connectivity index (χ1) is 8.85. The molecule has 2 N–H and O–H groups in total. The number of aliphatic hydroxyl groups excluding tert-OH is 1. The van der Waals surface area contributed by atoms with Crippen LogP contribution in [0.15, 0.2) is 12.6 Å². The fraction of sp³-hybridized carbons (Fsp3) is 0.385. The monoisotopic (exact) mass is 282 g/mol. The Morgan fingerprint density at radius 2 is 2.11 bits per heavy atom. The second kappa shape index (κ2) is 6.38. The summed E-state index contributed by atoms with van der Waals surface area (Å²) in [6.07, 6.45) is 0. The van der Waals surface area contributed by atoms with Crippen LogP contribution < -0.4 is 5.32 Å². The second-order valence-corrected chi connectivity index (χ2v) is 5.25. The van der Waals surface area contributed by atoms with Crippen molar-refractivity contribution in [3.05, 3.63) is 23.1 Å². The Kier molecular flexibility index (Phi) is 5.11. The molecule has 0 bridgehead atoms. The van der Waals surface area contributed by atoms with Gasteiger partial charge in [0.2, 0.25) is 11.8 Å². The van der Waals surface area contributed by atoms with Crippen LogP contribution in [-0.4, -0.2) is 28.4 Å². The minimum absolute atomic E-state index is 0.0126. The van der Waals surface area contributed by atoms with Crippen molar-refractivity contribution in [3.63, 3.8) is 0 Å². The van der Waals surface area contributed by atoms with Crippen LogP contribution in [0.1, 0.15) is 31.2 Å². The first-order valence-corrected chi connectivity index (χ1v) is 6.70. The average molecular weight is 282 g/mol. The molecule has 6 heteroatoms. The fourth-order valence-corrected chi connectivity index (χ4v) is 2.76. The summed E-state index contributed by atoms with van der Waals surface area (Å²) in [4.78, 5) is 25.0. The van der Waals surface area contributed by atoms with Crippen molar-refractivity contribution >= 4 is 33.9 Å². The van der Waals surface area contributed by atoms with Crippen molar-refractivity contribution < 1.29 is 14.7 Å². The summed E-state index contributed by atoms with van der Waals surface area (Å²) in [5.41, 5.74) is 0.495. The topological polar surface area (TPSA) is 69.6 Å². The van der Waals surface area contributed by atoms with Gasteiger partial charge in [0, 0.05) is 25.3 Å². The standard InChI is InChI=1S/C13H18N2O3S/c1-5-15(10(4)18)7-11-6-12(8(2)16)13(19-11)14-9(3)17/h6,16H,2,5,7H2,1,3-4H3,(H,14,17). The summed E-state index contributed by atoms with van der Waals surface area (Å²) in [5, 5.41) is 12.7. The zero-order chi connectivity index (χ0) is 14.6. The van der Waals surface area contributed by atoms with Gasteiger partial charge in [0.15, 0.2) is 0 Å². The second-order valence-electron chi connectivity index (χ2n) is 4.12. The molecule has 1 rings (SSSR count). The van der Waals surface area contributed by atoms with Gasteiger partial charge in [0.1, 0.15) is 10.8 Å². The summed E-state index contributed by atoms with van der Waals surface area (Å²) >= 11 is 1.33. The Bertz CT molecular complexity index is 508.